The smallest absolute Gasteiger partial charge is 0.336 e. The van der Waals surface area contributed by atoms with Gasteiger partial charge < -0.3 is 47.4 Å². The van der Waals surface area contributed by atoms with Crippen molar-refractivity contribution in [2.24, 2.45) is 5.10 Å². The van der Waals surface area contributed by atoms with E-state index >= 15 is 0 Å². The molecule has 348 valence electrons. The van der Waals surface area contributed by atoms with Crippen LogP contribution >= 0.6 is 11.3 Å². The van der Waals surface area contributed by atoms with Gasteiger partial charge in [-0.2, -0.15) is 5.10 Å². The number of thiazole rings is 1. The van der Waals surface area contributed by atoms with Crippen LogP contribution in [-0.4, -0.2) is 74.2 Å². The van der Waals surface area contributed by atoms with Crippen molar-refractivity contribution in [3.05, 3.63) is 158 Å². The van der Waals surface area contributed by atoms with Gasteiger partial charge in [0.05, 0.1) is 16.4 Å². The molecular formula is C48H39N3O16S. The third-order valence-electron chi connectivity index (χ3n) is 8.16. The number of fused-ring (bicyclic) bond motifs is 1. The molecule has 0 fully saturated rings. The van der Waals surface area contributed by atoms with E-state index in [2.05, 4.69) is 41.8 Å². The highest BCUT2D eigenvalue weighted by Gasteiger charge is 2.14. The first-order valence-corrected chi connectivity index (χ1v) is 20.3. The molecule has 0 aliphatic heterocycles. The number of anilines is 1. The summed E-state index contributed by atoms with van der Waals surface area (Å²) in [7, 11) is 0. The quantitative estimate of drug-likeness (QED) is 0.0115. The lowest BCUT2D eigenvalue weighted by atomic mass is 10.2. The molecule has 0 aliphatic rings. The number of nitrogens with zero attached hydrogens (tertiary/aromatic N) is 2. The Hall–Kier alpha value is -9.30. The molecule has 0 saturated heterocycles. The van der Waals surface area contributed by atoms with Crippen LogP contribution in [-0.2, 0) is 47.7 Å². The molecule has 19 nitrogen and oxygen atoms in total. The predicted octanol–water partition coefficient (Wildman–Crippen LogP) is 7.24. The van der Waals surface area contributed by atoms with Gasteiger partial charge in [0, 0.05) is 42.0 Å². The van der Waals surface area contributed by atoms with Crippen LogP contribution in [0.3, 0.4) is 0 Å². The number of benzene rings is 4. The first-order chi connectivity index (χ1) is 33.0. The molecule has 0 radical (unpaired) electrons. The standard InChI is InChI=1S/C48H39N3O16S/c1-5-42(52)62-27-58-37-18-13-31(23-39(37)60-29-64-44(54)7-3)15-21-46(56)66-34-17-20-36(33(25-34)26-49-51-48-50-35-11-9-10-12-41(35)68-48)67-47(57)22-16-32-14-19-38(59-28-63-43(53)6-2)40(24-32)61-30-65-45(55)8-4/h5-26H,1-4,27-30H2,(H,50,51)/b21-15+,22-16+,49-26+. The maximum absolute atomic E-state index is 13.2. The fourth-order valence-corrected chi connectivity index (χ4v) is 5.86. The Morgan fingerprint density at radius 3 is 1.51 bits per heavy atom. The number of nitrogens with one attached hydrogen (secondary N) is 1. The molecule has 1 heterocycles. The zero-order valence-corrected chi connectivity index (χ0v) is 36.5. The number of esters is 6. The van der Waals surface area contributed by atoms with Crippen molar-refractivity contribution >= 4 is 80.9 Å². The summed E-state index contributed by atoms with van der Waals surface area (Å²) < 4.78 is 53.6. The second kappa shape index (κ2) is 25.9. The number of carbonyl (C=O) groups is 6. The molecule has 0 amide bonds. The first-order valence-electron chi connectivity index (χ1n) is 19.5. The van der Waals surface area contributed by atoms with Gasteiger partial charge in [0.1, 0.15) is 11.5 Å². The second-order valence-electron chi connectivity index (χ2n) is 12.7. The highest BCUT2D eigenvalue weighted by molar-refractivity contribution is 7.22. The van der Waals surface area contributed by atoms with E-state index in [1.807, 2.05) is 24.3 Å². The molecule has 1 N–H and O–H groups in total. The van der Waals surface area contributed by atoms with Gasteiger partial charge >= 0.3 is 35.8 Å². The van der Waals surface area contributed by atoms with Crippen LogP contribution in [0.25, 0.3) is 22.4 Å². The van der Waals surface area contributed by atoms with E-state index in [0.717, 1.165) is 46.7 Å². The van der Waals surface area contributed by atoms with Crippen LogP contribution in [0.15, 0.2) is 147 Å². The van der Waals surface area contributed by atoms with Crippen molar-refractivity contribution in [2.75, 3.05) is 32.6 Å². The lowest BCUT2D eigenvalue weighted by molar-refractivity contribution is -0.146. The van der Waals surface area contributed by atoms with E-state index in [9.17, 15) is 28.8 Å². The molecule has 0 unspecified atom stereocenters. The van der Waals surface area contributed by atoms with E-state index in [1.165, 1.54) is 72.2 Å². The van der Waals surface area contributed by atoms with Gasteiger partial charge in [-0.3, -0.25) is 5.43 Å². The molecule has 0 spiro atoms. The van der Waals surface area contributed by atoms with Crippen LogP contribution in [0, 0.1) is 0 Å². The monoisotopic (exact) mass is 945 g/mol. The van der Waals surface area contributed by atoms with Crippen molar-refractivity contribution < 1.29 is 76.1 Å². The van der Waals surface area contributed by atoms with Gasteiger partial charge in [0.25, 0.3) is 0 Å². The summed E-state index contributed by atoms with van der Waals surface area (Å²) >= 11 is 1.36. The predicted molar refractivity (Wildman–Crippen MR) is 247 cm³/mol. The highest BCUT2D eigenvalue weighted by atomic mass is 32.1. The zero-order valence-electron chi connectivity index (χ0n) is 35.7. The second-order valence-corrected chi connectivity index (χ2v) is 13.7. The van der Waals surface area contributed by atoms with Crippen molar-refractivity contribution in [1.29, 1.82) is 0 Å². The summed E-state index contributed by atoms with van der Waals surface area (Å²) in [4.78, 5) is 76.7. The normalized spacial score (nSPS) is 10.7. The van der Waals surface area contributed by atoms with Crippen LogP contribution in [0.4, 0.5) is 5.13 Å². The number of aromatic nitrogens is 1. The number of carbonyl (C=O) groups excluding carboxylic acids is 6. The summed E-state index contributed by atoms with van der Waals surface area (Å²) in [6, 6.07) is 20.7. The number of hydrogen-bond acceptors (Lipinski definition) is 20. The van der Waals surface area contributed by atoms with Gasteiger partial charge in [-0.1, -0.05) is 61.9 Å². The summed E-state index contributed by atoms with van der Waals surface area (Å²) in [5.74, 6) is -4.07. The zero-order chi connectivity index (χ0) is 48.7. The van der Waals surface area contributed by atoms with Crippen LogP contribution in [0.1, 0.15) is 16.7 Å². The number of hydrazone groups is 1. The summed E-state index contributed by atoms with van der Waals surface area (Å²) in [6.07, 6.45) is 10.2. The number of para-hydroxylation sites is 1. The first kappa shape index (κ1) is 49.7. The molecule has 5 aromatic rings. The van der Waals surface area contributed by atoms with Crippen molar-refractivity contribution in [3.63, 3.8) is 0 Å². The van der Waals surface area contributed by atoms with Crippen molar-refractivity contribution in [1.82, 2.24) is 4.98 Å². The van der Waals surface area contributed by atoms with E-state index in [0.29, 0.717) is 16.3 Å². The molecule has 5 rings (SSSR count). The Morgan fingerprint density at radius 1 is 0.544 bits per heavy atom. The number of hydrogen-bond donors (Lipinski definition) is 1. The third kappa shape index (κ3) is 16.0. The Labute approximate surface area is 391 Å². The summed E-state index contributed by atoms with van der Waals surface area (Å²) in [5.41, 5.74) is 4.69. The Bertz CT molecular complexity index is 2760. The maximum Gasteiger partial charge on any atom is 0.336 e. The number of ether oxygens (including phenoxy) is 10. The van der Waals surface area contributed by atoms with Crippen LogP contribution < -0.4 is 33.8 Å². The largest absolute Gasteiger partial charge is 0.453 e. The van der Waals surface area contributed by atoms with E-state index in [-0.39, 0.29) is 40.1 Å². The number of rotatable bonds is 25. The van der Waals surface area contributed by atoms with Gasteiger partial charge in [-0.15, -0.1) is 0 Å². The molecule has 0 bridgehead atoms. The van der Waals surface area contributed by atoms with Crippen molar-refractivity contribution in [2.45, 2.75) is 0 Å². The Balaban J connectivity index is 1.32. The minimum atomic E-state index is -0.818. The lowest BCUT2D eigenvalue weighted by Gasteiger charge is -2.13. The average molecular weight is 946 g/mol. The topological polar surface area (TPSA) is 232 Å². The molecule has 0 atom stereocenters. The van der Waals surface area contributed by atoms with Gasteiger partial charge in [-0.25, -0.2) is 33.8 Å². The van der Waals surface area contributed by atoms with E-state index < -0.39 is 63.0 Å². The SMILES string of the molecule is C=CC(=O)OCOc1ccc(/C=C/C(=O)Oc2ccc(OC(=O)/C=C/c3ccc(OCOC(=O)C=C)c(OCOC(=O)C=C)c3)c(/C=N/Nc3nc4ccccc4s3)c2)cc1OCOC(=O)C=C. The fourth-order valence-electron chi connectivity index (χ4n) is 5.04. The maximum atomic E-state index is 13.2. The Kier molecular flexibility index (Phi) is 18.9. The molecule has 20 heteroatoms. The molecule has 4 aromatic carbocycles. The minimum absolute atomic E-state index is 0.0311. The van der Waals surface area contributed by atoms with E-state index in [4.69, 9.17) is 47.4 Å². The molecule has 1 aromatic heterocycles. The van der Waals surface area contributed by atoms with Gasteiger partial charge in [0.2, 0.25) is 32.3 Å². The van der Waals surface area contributed by atoms with E-state index in [1.54, 1.807) is 12.1 Å². The molecule has 0 saturated carbocycles. The van der Waals surface area contributed by atoms with Crippen LogP contribution in [0.5, 0.6) is 34.5 Å². The Morgan fingerprint density at radius 2 is 1.01 bits per heavy atom. The van der Waals surface area contributed by atoms with Crippen LogP contribution in [0.2, 0.25) is 0 Å². The summed E-state index contributed by atoms with van der Waals surface area (Å²) in [5, 5.41) is 4.75. The minimum Gasteiger partial charge on any atom is -0.453 e. The highest BCUT2D eigenvalue weighted by Crippen LogP contribution is 2.31. The van der Waals surface area contributed by atoms with Gasteiger partial charge in [0.15, 0.2) is 23.0 Å². The molecule has 0 aliphatic carbocycles. The lowest BCUT2D eigenvalue weighted by Crippen LogP contribution is -2.11. The van der Waals surface area contributed by atoms with Crippen molar-refractivity contribution in [3.8, 4) is 34.5 Å². The molecular weight excluding hydrogens is 907 g/mol. The summed E-state index contributed by atoms with van der Waals surface area (Å²) in [6.45, 7) is 11.3. The average Bonchev–Trinajstić information content (AvgIpc) is 3.77. The van der Waals surface area contributed by atoms with Gasteiger partial charge in [-0.05, 0) is 77.9 Å². The molecule has 68 heavy (non-hydrogen) atoms. The fraction of sp³-hybridized carbons (Fsp3) is 0.0833. The third-order valence-corrected chi connectivity index (χ3v) is 9.10.